The molecule has 1 aromatic heterocycles. The van der Waals surface area contributed by atoms with Crippen LogP contribution >= 0.6 is 0 Å². The third-order valence-corrected chi connectivity index (χ3v) is 4.19. The van der Waals surface area contributed by atoms with Crippen LogP contribution in [0.3, 0.4) is 0 Å². The third kappa shape index (κ3) is 2.94. The van der Waals surface area contributed by atoms with Crippen LogP contribution < -0.4 is 15.5 Å². The van der Waals surface area contributed by atoms with E-state index in [9.17, 15) is 0 Å². The lowest BCUT2D eigenvalue weighted by molar-refractivity contribution is 0.308. The van der Waals surface area contributed by atoms with Gasteiger partial charge in [-0.3, -0.25) is 0 Å². The van der Waals surface area contributed by atoms with Crippen LogP contribution in [0.2, 0.25) is 0 Å². The lowest BCUT2D eigenvalue weighted by Crippen LogP contribution is -2.35. The van der Waals surface area contributed by atoms with Gasteiger partial charge in [-0.15, -0.1) is 0 Å². The van der Waals surface area contributed by atoms with E-state index in [4.69, 9.17) is 0 Å². The molecule has 20 heavy (non-hydrogen) atoms. The van der Waals surface area contributed by atoms with Gasteiger partial charge in [0.05, 0.1) is 0 Å². The standard InChI is InChI=1S/C14H24N6/c1-10-8-11(9-10)16-13-17-12(15-2)18-14(19-13)20-6-4-3-5-7-20/h10-11H,3-9H2,1-2H3,(H2,15,16,17,18,19). The molecule has 1 aliphatic carbocycles. The van der Waals surface area contributed by atoms with Gasteiger partial charge in [0.1, 0.15) is 0 Å². The minimum atomic E-state index is 0.520. The highest BCUT2D eigenvalue weighted by Crippen LogP contribution is 2.29. The average Bonchev–Trinajstić information content (AvgIpc) is 2.46. The molecule has 0 aromatic carbocycles. The van der Waals surface area contributed by atoms with Crippen molar-refractivity contribution < 1.29 is 0 Å². The molecule has 2 fully saturated rings. The van der Waals surface area contributed by atoms with Crippen LogP contribution in [0.1, 0.15) is 39.0 Å². The molecule has 0 radical (unpaired) electrons. The van der Waals surface area contributed by atoms with Crippen molar-refractivity contribution in [3.8, 4) is 0 Å². The van der Waals surface area contributed by atoms with E-state index in [-0.39, 0.29) is 0 Å². The van der Waals surface area contributed by atoms with Crippen molar-refractivity contribution in [1.82, 2.24) is 15.0 Å². The number of rotatable bonds is 4. The first kappa shape index (κ1) is 13.4. The van der Waals surface area contributed by atoms with E-state index in [2.05, 4.69) is 37.4 Å². The van der Waals surface area contributed by atoms with E-state index >= 15 is 0 Å². The van der Waals surface area contributed by atoms with E-state index in [1.807, 2.05) is 7.05 Å². The van der Waals surface area contributed by atoms with Crippen molar-refractivity contribution in [3.63, 3.8) is 0 Å². The van der Waals surface area contributed by atoms with Crippen LogP contribution in [0.5, 0.6) is 0 Å². The predicted molar refractivity (Wildman–Crippen MR) is 81.2 cm³/mol. The van der Waals surface area contributed by atoms with E-state index in [1.54, 1.807) is 0 Å². The summed E-state index contributed by atoms with van der Waals surface area (Å²) in [6.45, 7) is 4.38. The fourth-order valence-electron chi connectivity index (χ4n) is 2.98. The van der Waals surface area contributed by atoms with Crippen LogP contribution in [0.25, 0.3) is 0 Å². The van der Waals surface area contributed by atoms with Gasteiger partial charge in [0.2, 0.25) is 17.8 Å². The van der Waals surface area contributed by atoms with E-state index in [1.165, 1.54) is 32.1 Å². The first-order chi connectivity index (χ1) is 9.74. The fourth-order valence-corrected chi connectivity index (χ4v) is 2.98. The summed E-state index contributed by atoms with van der Waals surface area (Å²) >= 11 is 0. The first-order valence-corrected chi connectivity index (χ1v) is 7.70. The molecular formula is C14H24N6. The zero-order chi connectivity index (χ0) is 13.9. The zero-order valence-electron chi connectivity index (χ0n) is 12.4. The number of nitrogens with zero attached hydrogens (tertiary/aromatic N) is 4. The number of hydrogen-bond donors (Lipinski definition) is 2. The van der Waals surface area contributed by atoms with Gasteiger partial charge in [0, 0.05) is 26.2 Å². The summed E-state index contributed by atoms with van der Waals surface area (Å²) in [6, 6.07) is 0.520. The number of piperidine rings is 1. The lowest BCUT2D eigenvalue weighted by atomic mass is 9.82. The second-order valence-electron chi connectivity index (χ2n) is 6.00. The Hall–Kier alpha value is -1.59. The minimum absolute atomic E-state index is 0.520. The van der Waals surface area contributed by atoms with Crippen LogP contribution in [0, 0.1) is 5.92 Å². The molecular weight excluding hydrogens is 252 g/mol. The number of aromatic nitrogens is 3. The molecule has 0 spiro atoms. The Morgan fingerprint density at radius 3 is 2.35 bits per heavy atom. The largest absolute Gasteiger partial charge is 0.357 e. The molecule has 6 nitrogen and oxygen atoms in total. The molecule has 110 valence electrons. The Morgan fingerprint density at radius 2 is 1.70 bits per heavy atom. The van der Waals surface area contributed by atoms with Gasteiger partial charge < -0.3 is 15.5 Å². The summed E-state index contributed by atoms with van der Waals surface area (Å²) < 4.78 is 0. The van der Waals surface area contributed by atoms with Crippen LogP contribution in [0.15, 0.2) is 0 Å². The Labute approximate surface area is 120 Å². The van der Waals surface area contributed by atoms with Crippen LogP contribution in [-0.4, -0.2) is 41.1 Å². The molecule has 6 heteroatoms. The smallest absolute Gasteiger partial charge is 0.231 e. The lowest BCUT2D eigenvalue weighted by Gasteiger charge is -2.33. The predicted octanol–water partition coefficient (Wildman–Crippen LogP) is 2.11. The molecule has 1 aromatic rings. The second kappa shape index (κ2) is 5.81. The molecule has 2 N–H and O–H groups in total. The SMILES string of the molecule is CNc1nc(NC2CC(C)C2)nc(N2CCCCC2)n1. The molecule has 0 bridgehead atoms. The summed E-state index contributed by atoms with van der Waals surface area (Å²) in [6.07, 6.45) is 6.18. The molecule has 2 aliphatic rings. The maximum atomic E-state index is 4.60. The van der Waals surface area contributed by atoms with Crippen molar-refractivity contribution in [3.05, 3.63) is 0 Å². The maximum absolute atomic E-state index is 4.60. The number of anilines is 3. The summed E-state index contributed by atoms with van der Waals surface area (Å²) in [4.78, 5) is 15.8. The molecule has 0 amide bonds. The number of hydrogen-bond acceptors (Lipinski definition) is 6. The van der Waals surface area contributed by atoms with Gasteiger partial charge in [-0.1, -0.05) is 6.92 Å². The monoisotopic (exact) mass is 276 g/mol. The zero-order valence-corrected chi connectivity index (χ0v) is 12.4. The molecule has 3 rings (SSSR count). The van der Waals surface area contributed by atoms with Gasteiger partial charge >= 0.3 is 0 Å². The van der Waals surface area contributed by atoms with Crippen molar-refractivity contribution in [1.29, 1.82) is 0 Å². The summed E-state index contributed by atoms with van der Waals surface area (Å²) in [5.41, 5.74) is 0. The maximum Gasteiger partial charge on any atom is 0.231 e. The van der Waals surface area contributed by atoms with Gasteiger partial charge in [-0.25, -0.2) is 0 Å². The highest BCUT2D eigenvalue weighted by atomic mass is 15.3. The highest BCUT2D eigenvalue weighted by molar-refractivity contribution is 5.44. The molecule has 2 heterocycles. The molecule has 1 aliphatic heterocycles. The van der Waals surface area contributed by atoms with E-state index in [0.29, 0.717) is 17.9 Å². The van der Waals surface area contributed by atoms with Crippen molar-refractivity contribution in [2.75, 3.05) is 35.7 Å². The van der Waals surface area contributed by atoms with Crippen molar-refractivity contribution >= 4 is 17.8 Å². The fraction of sp³-hybridized carbons (Fsp3) is 0.786. The molecule has 1 saturated carbocycles. The van der Waals surface area contributed by atoms with E-state index < -0.39 is 0 Å². The first-order valence-electron chi connectivity index (χ1n) is 7.70. The minimum Gasteiger partial charge on any atom is -0.357 e. The average molecular weight is 276 g/mol. The summed E-state index contributed by atoms with van der Waals surface area (Å²) in [5, 5.41) is 6.47. The Balaban J connectivity index is 1.75. The quantitative estimate of drug-likeness (QED) is 0.878. The normalized spacial score (nSPS) is 26.0. The van der Waals surface area contributed by atoms with Gasteiger partial charge in [0.25, 0.3) is 0 Å². The Bertz CT molecular complexity index is 451. The van der Waals surface area contributed by atoms with Gasteiger partial charge in [-0.2, -0.15) is 15.0 Å². The van der Waals surface area contributed by atoms with Gasteiger partial charge in [0.15, 0.2) is 0 Å². The highest BCUT2D eigenvalue weighted by Gasteiger charge is 2.26. The third-order valence-electron chi connectivity index (χ3n) is 4.19. The van der Waals surface area contributed by atoms with Crippen LogP contribution in [-0.2, 0) is 0 Å². The number of nitrogens with one attached hydrogen (secondary N) is 2. The Morgan fingerprint density at radius 1 is 1.00 bits per heavy atom. The summed E-state index contributed by atoms with van der Waals surface area (Å²) in [5.74, 6) is 2.98. The Kier molecular flexibility index (Phi) is 3.89. The topological polar surface area (TPSA) is 66.0 Å². The van der Waals surface area contributed by atoms with Crippen LogP contribution in [0.4, 0.5) is 17.8 Å². The molecule has 1 saturated heterocycles. The van der Waals surface area contributed by atoms with Crippen molar-refractivity contribution in [2.24, 2.45) is 5.92 Å². The van der Waals surface area contributed by atoms with Gasteiger partial charge in [-0.05, 0) is 38.0 Å². The molecule has 0 atom stereocenters. The van der Waals surface area contributed by atoms with E-state index in [0.717, 1.165) is 25.0 Å². The second-order valence-corrected chi connectivity index (χ2v) is 6.00. The molecule has 0 unspecified atom stereocenters. The summed E-state index contributed by atoms with van der Waals surface area (Å²) in [7, 11) is 1.85. The van der Waals surface area contributed by atoms with Crippen molar-refractivity contribution in [2.45, 2.75) is 45.1 Å².